The van der Waals surface area contributed by atoms with E-state index in [1.54, 1.807) is 0 Å². The second-order valence-electron chi connectivity index (χ2n) is 11.9. The van der Waals surface area contributed by atoms with Crippen molar-refractivity contribution >= 4 is 75.0 Å². The third kappa shape index (κ3) is 3.67. The van der Waals surface area contributed by atoms with Gasteiger partial charge in [0.25, 0.3) is 0 Å². The Kier molecular flexibility index (Phi) is 5.48. The fourth-order valence-electron chi connectivity index (χ4n) is 7.38. The smallest absolute Gasteiger partial charge is 0.0788 e. The molecule has 3 aromatic heterocycles. The second-order valence-corrected chi connectivity index (χ2v) is 13.0. The molecule has 0 aliphatic rings. The van der Waals surface area contributed by atoms with E-state index in [1.165, 1.54) is 69.3 Å². The summed E-state index contributed by atoms with van der Waals surface area (Å²) in [5.74, 6) is 0. The number of para-hydroxylation sites is 3. The second kappa shape index (κ2) is 9.87. The first kappa shape index (κ1) is 25.5. The van der Waals surface area contributed by atoms with E-state index in [0.29, 0.717) is 0 Å². The maximum atomic E-state index is 5.35. The van der Waals surface area contributed by atoms with Crippen molar-refractivity contribution < 1.29 is 0 Å². The number of pyridine rings is 1. The molecular formula is C43H26N2S. The third-order valence-electron chi connectivity index (χ3n) is 9.36. The first-order valence-corrected chi connectivity index (χ1v) is 16.5. The first-order valence-electron chi connectivity index (χ1n) is 15.6. The molecule has 0 amide bonds. The average molecular weight is 603 g/mol. The van der Waals surface area contributed by atoms with Crippen LogP contribution in [0.25, 0.3) is 91.7 Å². The van der Waals surface area contributed by atoms with Gasteiger partial charge in [-0.05, 0) is 53.6 Å². The third-order valence-corrected chi connectivity index (χ3v) is 10.6. The van der Waals surface area contributed by atoms with E-state index in [-0.39, 0.29) is 0 Å². The molecule has 0 saturated heterocycles. The number of rotatable bonds is 3. The van der Waals surface area contributed by atoms with Crippen LogP contribution in [0.5, 0.6) is 0 Å². The molecule has 0 unspecified atom stereocenters. The van der Waals surface area contributed by atoms with Gasteiger partial charge in [-0.1, -0.05) is 115 Å². The molecule has 10 rings (SSSR count). The summed E-state index contributed by atoms with van der Waals surface area (Å²) in [6, 6.07) is 57.0. The van der Waals surface area contributed by atoms with E-state index in [1.807, 2.05) is 11.3 Å². The Balaban J connectivity index is 1.28. The van der Waals surface area contributed by atoms with Crippen molar-refractivity contribution in [1.82, 2.24) is 9.55 Å². The van der Waals surface area contributed by atoms with Gasteiger partial charge in [0.15, 0.2) is 0 Å². The molecule has 3 heterocycles. The number of fused-ring (bicyclic) bond motifs is 10. The molecule has 0 bridgehead atoms. The summed E-state index contributed by atoms with van der Waals surface area (Å²) in [6.07, 6.45) is 0. The van der Waals surface area contributed by atoms with Gasteiger partial charge >= 0.3 is 0 Å². The molecule has 0 fully saturated rings. The highest BCUT2D eigenvalue weighted by Crippen LogP contribution is 2.44. The molecule has 0 saturated carbocycles. The van der Waals surface area contributed by atoms with Crippen molar-refractivity contribution in [3.63, 3.8) is 0 Å². The normalized spacial score (nSPS) is 11.9. The van der Waals surface area contributed by atoms with Crippen LogP contribution in [0, 0.1) is 0 Å². The molecular weight excluding hydrogens is 577 g/mol. The van der Waals surface area contributed by atoms with Crippen molar-refractivity contribution in [2.45, 2.75) is 0 Å². The van der Waals surface area contributed by atoms with Gasteiger partial charge in [0.1, 0.15) is 0 Å². The zero-order chi connectivity index (χ0) is 30.2. The zero-order valence-electron chi connectivity index (χ0n) is 24.8. The van der Waals surface area contributed by atoms with Crippen molar-refractivity contribution in [3.05, 3.63) is 158 Å². The van der Waals surface area contributed by atoms with E-state index in [2.05, 4.69) is 162 Å². The molecule has 7 aromatic carbocycles. The van der Waals surface area contributed by atoms with Crippen molar-refractivity contribution in [2.24, 2.45) is 0 Å². The van der Waals surface area contributed by atoms with E-state index < -0.39 is 0 Å². The van der Waals surface area contributed by atoms with Gasteiger partial charge in [-0.2, -0.15) is 0 Å². The molecule has 0 aliphatic carbocycles. The summed E-state index contributed by atoms with van der Waals surface area (Å²) in [6.45, 7) is 0. The topological polar surface area (TPSA) is 17.8 Å². The maximum absolute atomic E-state index is 5.35. The lowest BCUT2D eigenvalue weighted by Gasteiger charge is -2.13. The van der Waals surface area contributed by atoms with E-state index in [0.717, 1.165) is 22.5 Å². The molecule has 46 heavy (non-hydrogen) atoms. The molecule has 0 spiro atoms. The molecule has 214 valence electrons. The van der Waals surface area contributed by atoms with Crippen molar-refractivity contribution in [2.75, 3.05) is 0 Å². The Morgan fingerprint density at radius 2 is 1.17 bits per heavy atom. The quantitative estimate of drug-likeness (QED) is 0.184. The Bertz CT molecular complexity index is 2800. The van der Waals surface area contributed by atoms with E-state index >= 15 is 0 Å². The van der Waals surface area contributed by atoms with Crippen LogP contribution in [0.1, 0.15) is 0 Å². The highest BCUT2D eigenvalue weighted by molar-refractivity contribution is 7.26. The van der Waals surface area contributed by atoms with Crippen LogP contribution in [-0.2, 0) is 0 Å². The largest absolute Gasteiger partial charge is 0.309 e. The van der Waals surface area contributed by atoms with Crippen LogP contribution in [0.4, 0.5) is 0 Å². The lowest BCUT2D eigenvalue weighted by Crippen LogP contribution is -1.94. The SMILES string of the molecule is c1ccc(-n2c3ccccc3c3c4c(ccc32)c(-c2cccc(-c3cccc5c3sc3ccccc35)c2)nc2ccccc24)cc1. The lowest BCUT2D eigenvalue weighted by molar-refractivity contribution is 1.18. The van der Waals surface area contributed by atoms with Gasteiger partial charge in [0.2, 0.25) is 0 Å². The van der Waals surface area contributed by atoms with Crippen molar-refractivity contribution in [3.8, 4) is 28.1 Å². The summed E-state index contributed by atoms with van der Waals surface area (Å²) in [4.78, 5) is 5.35. The molecule has 2 nitrogen and oxygen atoms in total. The molecule has 0 N–H and O–H groups in total. The molecule has 3 heteroatoms. The molecule has 0 atom stereocenters. The number of benzene rings is 7. The minimum absolute atomic E-state index is 1.01. The molecule has 0 aliphatic heterocycles. The Hall–Kier alpha value is -5.77. The van der Waals surface area contributed by atoms with Crippen LogP contribution in [0.3, 0.4) is 0 Å². The predicted octanol–water partition coefficient (Wildman–Crippen LogP) is 12.2. The van der Waals surface area contributed by atoms with E-state index in [9.17, 15) is 0 Å². The van der Waals surface area contributed by atoms with Gasteiger partial charge in [-0.25, -0.2) is 4.98 Å². The average Bonchev–Trinajstić information content (AvgIpc) is 3.68. The highest BCUT2D eigenvalue weighted by Gasteiger charge is 2.19. The van der Waals surface area contributed by atoms with Gasteiger partial charge in [0, 0.05) is 58.4 Å². The van der Waals surface area contributed by atoms with E-state index in [4.69, 9.17) is 4.98 Å². The highest BCUT2D eigenvalue weighted by atomic mass is 32.1. The molecule has 10 aromatic rings. The standard InChI is InChI=1S/C43H26N2S/c1-2-14-29(15-3-1)45-37-22-8-5-18-34(37)41-38(45)25-24-35-40(41)33-17-4-7-21-36(33)44-42(35)28-13-10-12-27(26-28)30-19-11-20-32-31-16-6-9-23-39(31)46-43(30)32/h1-26H. The number of hydrogen-bond donors (Lipinski definition) is 0. The number of nitrogens with zero attached hydrogens (tertiary/aromatic N) is 2. The fraction of sp³-hybridized carbons (Fsp3) is 0. The lowest BCUT2D eigenvalue weighted by atomic mass is 9.94. The van der Waals surface area contributed by atoms with Crippen LogP contribution in [-0.4, -0.2) is 9.55 Å². The monoisotopic (exact) mass is 602 g/mol. The summed E-state index contributed by atoms with van der Waals surface area (Å²) in [5, 5.41) is 8.74. The summed E-state index contributed by atoms with van der Waals surface area (Å²) >= 11 is 1.87. The van der Waals surface area contributed by atoms with Gasteiger partial charge in [-0.3, -0.25) is 0 Å². The maximum Gasteiger partial charge on any atom is 0.0788 e. The number of hydrogen-bond acceptors (Lipinski definition) is 2. The zero-order valence-corrected chi connectivity index (χ0v) is 25.6. The number of thiophene rings is 1. The number of aromatic nitrogens is 2. The van der Waals surface area contributed by atoms with Gasteiger partial charge in [-0.15, -0.1) is 11.3 Å². The summed E-state index contributed by atoms with van der Waals surface area (Å²) in [5.41, 5.74) is 9.18. The Morgan fingerprint density at radius 1 is 0.457 bits per heavy atom. The van der Waals surface area contributed by atoms with Crippen LogP contribution in [0.15, 0.2) is 158 Å². The van der Waals surface area contributed by atoms with Crippen LogP contribution < -0.4 is 0 Å². The van der Waals surface area contributed by atoms with Crippen molar-refractivity contribution in [1.29, 1.82) is 0 Å². The minimum atomic E-state index is 1.01. The predicted molar refractivity (Wildman–Crippen MR) is 197 cm³/mol. The minimum Gasteiger partial charge on any atom is -0.309 e. The first-order chi connectivity index (χ1) is 22.8. The summed E-state index contributed by atoms with van der Waals surface area (Å²) in [7, 11) is 0. The van der Waals surface area contributed by atoms with Crippen LogP contribution >= 0.6 is 11.3 Å². The summed E-state index contributed by atoms with van der Waals surface area (Å²) < 4.78 is 5.04. The molecule has 0 radical (unpaired) electrons. The van der Waals surface area contributed by atoms with Gasteiger partial charge in [0.05, 0.1) is 22.2 Å². The Labute approximate surface area is 269 Å². The van der Waals surface area contributed by atoms with Gasteiger partial charge < -0.3 is 4.57 Å². The Morgan fingerprint density at radius 3 is 2.09 bits per heavy atom. The van der Waals surface area contributed by atoms with Crippen LogP contribution in [0.2, 0.25) is 0 Å². The fourth-order valence-corrected chi connectivity index (χ4v) is 8.62.